The van der Waals surface area contributed by atoms with E-state index in [-0.39, 0.29) is 17.6 Å². The highest BCUT2D eigenvalue weighted by molar-refractivity contribution is 5.31. The Hall–Kier alpha value is -1.13. The van der Waals surface area contributed by atoms with E-state index >= 15 is 0 Å². The van der Waals surface area contributed by atoms with E-state index in [4.69, 9.17) is 16.2 Å². The summed E-state index contributed by atoms with van der Waals surface area (Å²) in [4.78, 5) is 0. The molecule has 1 atom stereocenters. The SMILES string of the molecule is COc1cc([C@H](N)CCN)ccc1F. The topological polar surface area (TPSA) is 61.3 Å². The van der Waals surface area contributed by atoms with Crippen LogP contribution < -0.4 is 16.2 Å². The first-order valence-corrected chi connectivity index (χ1v) is 4.48. The lowest BCUT2D eigenvalue weighted by Crippen LogP contribution is -2.15. The van der Waals surface area contributed by atoms with E-state index in [0.29, 0.717) is 13.0 Å². The number of ether oxygens (including phenoxy) is 1. The fraction of sp³-hybridized carbons (Fsp3) is 0.400. The molecule has 0 aliphatic heterocycles. The van der Waals surface area contributed by atoms with Crippen molar-refractivity contribution in [2.45, 2.75) is 12.5 Å². The highest BCUT2D eigenvalue weighted by Gasteiger charge is 2.08. The molecule has 1 aromatic carbocycles. The van der Waals surface area contributed by atoms with Crippen molar-refractivity contribution >= 4 is 0 Å². The summed E-state index contributed by atoms with van der Waals surface area (Å²) in [5.74, 6) is -0.161. The second kappa shape index (κ2) is 4.93. The molecule has 14 heavy (non-hydrogen) atoms. The van der Waals surface area contributed by atoms with Crippen LogP contribution in [0.1, 0.15) is 18.0 Å². The fourth-order valence-electron chi connectivity index (χ4n) is 1.25. The first-order valence-electron chi connectivity index (χ1n) is 4.48. The van der Waals surface area contributed by atoms with Crippen molar-refractivity contribution in [1.82, 2.24) is 0 Å². The van der Waals surface area contributed by atoms with E-state index < -0.39 is 0 Å². The van der Waals surface area contributed by atoms with Gasteiger partial charge in [0.25, 0.3) is 0 Å². The Morgan fingerprint density at radius 3 is 2.79 bits per heavy atom. The van der Waals surface area contributed by atoms with Gasteiger partial charge in [-0.25, -0.2) is 4.39 Å². The lowest BCUT2D eigenvalue weighted by atomic mass is 10.0. The van der Waals surface area contributed by atoms with Gasteiger partial charge in [-0.3, -0.25) is 0 Å². The quantitative estimate of drug-likeness (QED) is 0.763. The summed E-state index contributed by atoms with van der Waals surface area (Å²) in [5, 5.41) is 0. The predicted molar refractivity (Wildman–Crippen MR) is 53.6 cm³/mol. The molecule has 78 valence electrons. The molecule has 0 heterocycles. The smallest absolute Gasteiger partial charge is 0.165 e. The average Bonchev–Trinajstić information content (AvgIpc) is 2.19. The third-order valence-electron chi connectivity index (χ3n) is 2.08. The number of nitrogens with two attached hydrogens (primary N) is 2. The van der Waals surface area contributed by atoms with Gasteiger partial charge >= 0.3 is 0 Å². The first kappa shape index (κ1) is 10.9. The molecule has 0 saturated heterocycles. The summed E-state index contributed by atoms with van der Waals surface area (Å²) in [6.45, 7) is 0.515. The van der Waals surface area contributed by atoms with Gasteiger partial charge in [0.2, 0.25) is 0 Å². The summed E-state index contributed by atoms with van der Waals surface area (Å²) in [7, 11) is 1.43. The number of methoxy groups -OCH3 is 1. The lowest BCUT2D eigenvalue weighted by molar-refractivity contribution is 0.385. The van der Waals surface area contributed by atoms with E-state index in [1.807, 2.05) is 0 Å². The lowest BCUT2D eigenvalue weighted by Gasteiger charge is -2.12. The maximum Gasteiger partial charge on any atom is 0.165 e. The molecule has 1 rings (SSSR count). The van der Waals surface area contributed by atoms with Gasteiger partial charge in [-0.1, -0.05) is 6.07 Å². The van der Waals surface area contributed by atoms with Gasteiger partial charge in [0.15, 0.2) is 11.6 Å². The molecule has 0 spiro atoms. The number of halogens is 1. The maximum atomic E-state index is 13.0. The Bertz CT molecular complexity index is 304. The molecule has 0 radical (unpaired) electrons. The van der Waals surface area contributed by atoms with Gasteiger partial charge in [0.05, 0.1) is 7.11 Å². The van der Waals surface area contributed by atoms with Crippen LogP contribution >= 0.6 is 0 Å². The van der Waals surface area contributed by atoms with Crippen molar-refractivity contribution in [3.05, 3.63) is 29.6 Å². The summed E-state index contributed by atoms with van der Waals surface area (Å²) in [6.07, 6.45) is 0.675. The van der Waals surface area contributed by atoms with Crippen LogP contribution in [0.25, 0.3) is 0 Å². The van der Waals surface area contributed by atoms with Crippen molar-refractivity contribution in [1.29, 1.82) is 0 Å². The number of hydrogen-bond acceptors (Lipinski definition) is 3. The predicted octanol–water partition coefficient (Wildman–Crippen LogP) is 1.18. The first-order chi connectivity index (χ1) is 6.69. The van der Waals surface area contributed by atoms with Crippen LogP contribution in [0.2, 0.25) is 0 Å². The van der Waals surface area contributed by atoms with Gasteiger partial charge in [-0.15, -0.1) is 0 Å². The van der Waals surface area contributed by atoms with E-state index in [1.165, 1.54) is 13.2 Å². The Kier molecular flexibility index (Phi) is 3.85. The minimum absolute atomic E-state index is 0.158. The summed E-state index contributed by atoms with van der Waals surface area (Å²) >= 11 is 0. The van der Waals surface area contributed by atoms with Crippen LogP contribution in [-0.4, -0.2) is 13.7 Å². The van der Waals surface area contributed by atoms with Crippen LogP contribution in [0.3, 0.4) is 0 Å². The largest absolute Gasteiger partial charge is 0.494 e. The van der Waals surface area contributed by atoms with E-state index in [2.05, 4.69) is 0 Å². The molecule has 0 bridgehead atoms. The zero-order valence-corrected chi connectivity index (χ0v) is 8.16. The highest BCUT2D eigenvalue weighted by atomic mass is 19.1. The Morgan fingerprint density at radius 1 is 1.50 bits per heavy atom. The van der Waals surface area contributed by atoms with Crippen molar-refractivity contribution < 1.29 is 9.13 Å². The molecule has 0 aliphatic rings. The van der Waals surface area contributed by atoms with Crippen molar-refractivity contribution in [3.8, 4) is 5.75 Å². The standard InChI is InChI=1S/C10H15FN2O/c1-14-10-6-7(2-3-8(10)11)9(13)4-5-12/h2-3,6,9H,4-5,12-13H2,1H3/t9-/m1/s1. The molecule has 0 fully saturated rings. The van der Waals surface area contributed by atoms with E-state index in [9.17, 15) is 4.39 Å². The molecule has 0 unspecified atom stereocenters. The Labute approximate surface area is 82.9 Å². The Balaban J connectivity index is 2.88. The second-order valence-electron chi connectivity index (χ2n) is 3.08. The van der Waals surface area contributed by atoms with Gasteiger partial charge in [-0.2, -0.15) is 0 Å². The highest BCUT2D eigenvalue weighted by Crippen LogP contribution is 2.22. The van der Waals surface area contributed by atoms with Crippen molar-refractivity contribution in [2.75, 3.05) is 13.7 Å². The minimum Gasteiger partial charge on any atom is -0.494 e. The third-order valence-corrected chi connectivity index (χ3v) is 2.08. The van der Waals surface area contributed by atoms with Crippen LogP contribution in [0.15, 0.2) is 18.2 Å². The van der Waals surface area contributed by atoms with Gasteiger partial charge in [0, 0.05) is 6.04 Å². The number of benzene rings is 1. The summed E-state index contributed by atoms with van der Waals surface area (Å²) in [6, 6.07) is 4.45. The second-order valence-corrected chi connectivity index (χ2v) is 3.08. The zero-order chi connectivity index (χ0) is 10.6. The minimum atomic E-state index is -0.379. The molecule has 1 aromatic rings. The van der Waals surface area contributed by atoms with E-state index in [0.717, 1.165) is 5.56 Å². The molecular formula is C10H15FN2O. The average molecular weight is 198 g/mol. The molecule has 3 nitrogen and oxygen atoms in total. The molecule has 0 amide bonds. The zero-order valence-electron chi connectivity index (χ0n) is 8.16. The van der Waals surface area contributed by atoms with Gasteiger partial charge < -0.3 is 16.2 Å². The molecule has 4 N–H and O–H groups in total. The van der Waals surface area contributed by atoms with Crippen LogP contribution in [0.4, 0.5) is 4.39 Å². The van der Waals surface area contributed by atoms with Crippen molar-refractivity contribution in [2.24, 2.45) is 11.5 Å². The monoisotopic (exact) mass is 198 g/mol. The van der Waals surface area contributed by atoms with Gasteiger partial charge in [0.1, 0.15) is 0 Å². The third kappa shape index (κ3) is 2.43. The fourth-order valence-corrected chi connectivity index (χ4v) is 1.25. The normalized spacial score (nSPS) is 12.6. The molecule has 0 aromatic heterocycles. The van der Waals surface area contributed by atoms with E-state index in [1.54, 1.807) is 12.1 Å². The van der Waals surface area contributed by atoms with Crippen LogP contribution in [0.5, 0.6) is 5.75 Å². The molecule has 4 heteroatoms. The maximum absolute atomic E-state index is 13.0. The van der Waals surface area contributed by atoms with Crippen molar-refractivity contribution in [3.63, 3.8) is 0 Å². The summed E-state index contributed by atoms with van der Waals surface area (Å²) < 4.78 is 17.9. The summed E-state index contributed by atoms with van der Waals surface area (Å²) in [5.41, 5.74) is 12.0. The molecular weight excluding hydrogens is 183 g/mol. The number of hydrogen-bond donors (Lipinski definition) is 2. The van der Waals surface area contributed by atoms with Crippen LogP contribution in [0, 0.1) is 5.82 Å². The molecule has 0 saturated carbocycles. The molecule has 0 aliphatic carbocycles. The van der Waals surface area contributed by atoms with Crippen LogP contribution in [-0.2, 0) is 0 Å². The number of rotatable bonds is 4. The van der Waals surface area contributed by atoms with Gasteiger partial charge in [-0.05, 0) is 30.7 Å². The Morgan fingerprint density at radius 2 is 2.21 bits per heavy atom.